The number of rotatable bonds is 5. The first kappa shape index (κ1) is 17.1. The van der Waals surface area contributed by atoms with Crippen LogP contribution >= 0.6 is 0 Å². The lowest BCUT2D eigenvalue weighted by Gasteiger charge is -1.93. The smallest absolute Gasteiger partial charge is 0.217 e. The molecular weight excluding hydrogens is 160 g/mol. The minimum Gasteiger partial charge on any atom is -0.370 e. The van der Waals surface area contributed by atoms with Crippen LogP contribution in [0, 0.1) is 0 Å². The topological polar surface area (TPSA) is 156 Å². The van der Waals surface area contributed by atoms with E-state index in [1.807, 2.05) is 0 Å². The Morgan fingerprint density at radius 1 is 0.833 bits per heavy atom. The summed E-state index contributed by atoms with van der Waals surface area (Å²) in [6.07, 6.45) is 1.98. The lowest BCUT2D eigenvalue weighted by atomic mass is 10.2. The molecule has 0 aromatic carbocycles. The normalized spacial score (nSPS) is 7.67. The SMILES string of the molecule is N.N.NC(=O)CCCCC(N)=O. The van der Waals surface area contributed by atoms with Crippen LogP contribution in [0.25, 0.3) is 0 Å². The molecule has 0 unspecified atom stereocenters. The number of carbonyl (C=O) groups is 2. The van der Waals surface area contributed by atoms with Crippen molar-refractivity contribution in [2.75, 3.05) is 0 Å². The molecule has 74 valence electrons. The van der Waals surface area contributed by atoms with Gasteiger partial charge in [-0.2, -0.15) is 0 Å². The minimum atomic E-state index is -0.329. The van der Waals surface area contributed by atoms with Crippen molar-refractivity contribution < 1.29 is 9.59 Å². The molecule has 0 fully saturated rings. The van der Waals surface area contributed by atoms with Crippen LogP contribution in [0.3, 0.4) is 0 Å². The molecular formula is C6H18N4O2. The van der Waals surface area contributed by atoms with E-state index in [1.54, 1.807) is 0 Å². The average molecular weight is 178 g/mol. The minimum absolute atomic E-state index is 0. The van der Waals surface area contributed by atoms with Gasteiger partial charge in [-0.3, -0.25) is 9.59 Å². The van der Waals surface area contributed by atoms with Crippen LogP contribution in [-0.4, -0.2) is 11.8 Å². The molecule has 0 bridgehead atoms. The summed E-state index contributed by atoms with van der Waals surface area (Å²) in [6.45, 7) is 0. The maximum absolute atomic E-state index is 10.2. The lowest BCUT2D eigenvalue weighted by molar-refractivity contribution is -0.119. The number of nitrogens with two attached hydrogens (primary N) is 2. The van der Waals surface area contributed by atoms with Crippen LogP contribution < -0.4 is 23.8 Å². The van der Waals surface area contributed by atoms with Gasteiger partial charge >= 0.3 is 0 Å². The first-order valence-electron chi connectivity index (χ1n) is 3.19. The third-order valence-electron chi connectivity index (χ3n) is 1.10. The summed E-state index contributed by atoms with van der Waals surface area (Å²) in [4.78, 5) is 20.3. The molecule has 0 spiro atoms. The van der Waals surface area contributed by atoms with Crippen LogP contribution in [0.1, 0.15) is 25.7 Å². The van der Waals surface area contributed by atoms with Crippen molar-refractivity contribution in [1.29, 1.82) is 0 Å². The molecule has 0 aromatic rings. The fraction of sp³-hybridized carbons (Fsp3) is 0.667. The van der Waals surface area contributed by atoms with Gasteiger partial charge in [0.15, 0.2) is 0 Å². The van der Waals surface area contributed by atoms with Gasteiger partial charge in [0.25, 0.3) is 0 Å². The van der Waals surface area contributed by atoms with Crippen molar-refractivity contribution in [2.45, 2.75) is 25.7 Å². The predicted molar refractivity (Wildman–Crippen MR) is 46.9 cm³/mol. The highest BCUT2D eigenvalue weighted by molar-refractivity contribution is 5.74. The van der Waals surface area contributed by atoms with Gasteiger partial charge in [0.1, 0.15) is 0 Å². The van der Waals surface area contributed by atoms with Crippen molar-refractivity contribution in [3.8, 4) is 0 Å². The zero-order valence-corrected chi connectivity index (χ0v) is 7.21. The van der Waals surface area contributed by atoms with Crippen molar-refractivity contribution in [2.24, 2.45) is 11.5 Å². The fourth-order valence-corrected chi connectivity index (χ4v) is 0.598. The van der Waals surface area contributed by atoms with Crippen LogP contribution in [0.2, 0.25) is 0 Å². The van der Waals surface area contributed by atoms with E-state index >= 15 is 0 Å². The van der Waals surface area contributed by atoms with Crippen LogP contribution in [0.4, 0.5) is 0 Å². The van der Waals surface area contributed by atoms with E-state index in [4.69, 9.17) is 11.5 Å². The Labute approximate surface area is 71.8 Å². The summed E-state index contributed by atoms with van der Waals surface area (Å²) in [5.41, 5.74) is 9.71. The van der Waals surface area contributed by atoms with E-state index in [9.17, 15) is 9.59 Å². The number of unbranched alkanes of at least 4 members (excludes halogenated alkanes) is 1. The van der Waals surface area contributed by atoms with Crippen molar-refractivity contribution in [3.05, 3.63) is 0 Å². The molecule has 10 N–H and O–H groups in total. The van der Waals surface area contributed by atoms with Gasteiger partial charge in [-0.15, -0.1) is 0 Å². The van der Waals surface area contributed by atoms with Crippen LogP contribution in [0.15, 0.2) is 0 Å². The van der Waals surface area contributed by atoms with Gasteiger partial charge in [0.2, 0.25) is 11.8 Å². The molecule has 6 heteroatoms. The summed E-state index contributed by atoms with van der Waals surface area (Å²) >= 11 is 0. The zero-order valence-electron chi connectivity index (χ0n) is 7.21. The fourth-order valence-electron chi connectivity index (χ4n) is 0.598. The Morgan fingerprint density at radius 2 is 1.08 bits per heavy atom. The lowest BCUT2D eigenvalue weighted by Crippen LogP contribution is -2.12. The van der Waals surface area contributed by atoms with Gasteiger partial charge in [-0.05, 0) is 12.8 Å². The Hall–Kier alpha value is -1.14. The van der Waals surface area contributed by atoms with E-state index in [0.29, 0.717) is 25.7 Å². The summed E-state index contributed by atoms with van der Waals surface area (Å²) in [5.74, 6) is -0.658. The Balaban J connectivity index is -0.000000405. The number of carbonyl (C=O) groups excluding carboxylic acids is 2. The summed E-state index contributed by atoms with van der Waals surface area (Å²) in [7, 11) is 0. The van der Waals surface area contributed by atoms with E-state index in [1.165, 1.54) is 0 Å². The second kappa shape index (κ2) is 9.86. The van der Waals surface area contributed by atoms with E-state index < -0.39 is 0 Å². The van der Waals surface area contributed by atoms with Gasteiger partial charge in [-0.1, -0.05) is 0 Å². The quantitative estimate of drug-likeness (QED) is 0.431. The first-order valence-corrected chi connectivity index (χ1v) is 3.19. The van der Waals surface area contributed by atoms with Gasteiger partial charge in [0, 0.05) is 12.8 Å². The third kappa shape index (κ3) is 15.9. The molecule has 0 aliphatic heterocycles. The molecule has 0 rings (SSSR count). The second-order valence-corrected chi connectivity index (χ2v) is 2.14. The molecule has 0 heterocycles. The summed E-state index contributed by atoms with van der Waals surface area (Å²) in [6, 6.07) is 0. The molecule has 0 radical (unpaired) electrons. The Morgan fingerprint density at radius 3 is 1.25 bits per heavy atom. The van der Waals surface area contributed by atoms with Crippen molar-refractivity contribution >= 4 is 11.8 Å². The van der Waals surface area contributed by atoms with Crippen molar-refractivity contribution in [3.63, 3.8) is 0 Å². The number of primary amides is 2. The molecule has 0 aromatic heterocycles. The van der Waals surface area contributed by atoms with E-state index in [-0.39, 0.29) is 24.1 Å². The van der Waals surface area contributed by atoms with Gasteiger partial charge in [-0.25, -0.2) is 0 Å². The highest BCUT2D eigenvalue weighted by atomic mass is 16.1. The van der Waals surface area contributed by atoms with Crippen LogP contribution in [-0.2, 0) is 9.59 Å². The molecule has 0 saturated heterocycles. The van der Waals surface area contributed by atoms with E-state index in [2.05, 4.69) is 0 Å². The molecule has 0 aliphatic rings. The highest BCUT2D eigenvalue weighted by Crippen LogP contribution is 1.97. The molecule has 2 amide bonds. The van der Waals surface area contributed by atoms with Gasteiger partial charge in [0.05, 0.1) is 0 Å². The van der Waals surface area contributed by atoms with Gasteiger partial charge < -0.3 is 23.8 Å². The monoisotopic (exact) mass is 178 g/mol. The molecule has 0 atom stereocenters. The molecule has 0 saturated carbocycles. The first-order chi connectivity index (χ1) is 4.63. The van der Waals surface area contributed by atoms with Crippen LogP contribution in [0.5, 0.6) is 0 Å². The standard InChI is InChI=1S/C6H12N2O2.2H3N/c7-5(9)3-1-2-4-6(8)10;;/h1-4H2,(H2,7,9)(H2,8,10);2*1H3. The summed E-state index contributed by atoms with van der Waals surface area (Å²) < 4.78 is 0. The average Bonchev–Trinajstić information content (AvgIpc) is 1.79. The Kier molecular flexibility index (Phi) is 14.0. The molecule has 6 nitrogen and oxygen atoms in total. The summed E-state index contributed by atoms with van der Waals surface area (Å²) in [5, 5.41) is 0. The predicted octanol–water partition coefficient (Wildman–Crippen LogP) is -0.159. The Bertz CT molecular complexity index is 122. The number of hydrogen-bond acceptors (Lipinski definition) is 4. The molecule has 0 aliphatic carbocycles. The highest BCUT2D eigenvalue weighted by Gasteiger charge is 1.96. The van der Waals surface area contributed by atoms with Crippen molar-refractivity contribution in [1.82, 2.24) is 12.3 Å². The maximum atomic E-state index is 10.2. The maximum Gasteiger partial charge on any atom is 0.217 e. The van der Waals surface area contributed by atoms with E-state index in [0.717, 1.165) is 0 Å². The zero-order chi connectivity index (χ0) is 7.98. The number of amides is 2. The largest absolute Gasteiger partial charge is 0.370 e. The second-order valence-electron chi connectivity index (χ2n) is 2.14. The number of hydrogen-bond donors (Lipinski definition) is 4. The molecule has 12 heavy (non-hydrogen) atoms. The third-order valence-corrected chi connectivity index (χ3v) is 1.10.